The van der Waals surface area contributed by atoms with Crippen molar-refractivity contribution in [3.05, 3.63) is 96.8 Å². The van der Waals surface area contributed by atoms with Crippen molar-refractivity contribution in [3.63, 3.8) is 0 Å². The lowest BCUT2D eigenvalue weighted by Crippen LogP contribution is -2.10. The first-order valence-electron chi connectivity index (χ1n) is 11.1. The summed E-state index contributed by atoms with van der Waals surface area (Å²) in [6.45, 7) is 1.81. The second-order valence-electron chi connectivity index (χ2n) is 7.81. The van der Waals surface area contributed by atoms with Crippen LogP contribution < -0.4 is 14.2 Å². The third-order valence-electron chi connectivity index (χ3n) is 5.69. The van der Waals surface area contributed by atoms with Gasteiger partial charge in [0.1, 0.15) is 29.7 Å². The van der Waals surface area contributed by atoms with Crippen LogP contribution in [0, 0.1) is 0 Å². The van der Waals surface area contributed by atoms with Gasteiger partial charge in [0.2, 0.25) is 0 Å². The Morgan fingerprint density at radius 1 is 0.758 bits per heavy atom. The second-order valence-corrected chi connectivity index (χ2v) is 7.81. The highest BCUT2D eigenvalue weighted by Crippen LogP contribution is 2.26. The molecule has 33 heavy (non-hydrogen) atoms. The molecule has 0 bridgehead atoms. The molecule has 0 amide bonds. The predicted octanol–water partition coefficient (Wildman–Crippen LogP) is 6.25. The maximum Gasteiger partial charge on any atom is 0.148 e. The van der Waals surface area contributed by atoms with Gasteiger partial charge in [-0.3, -0.25) is 0 Å². The van der Waals surface area contributed by atoms with Crippen LogP contribution in [0.1, 0.15) is 12.2 Å². The summed E-state index contributed by atoms with van der Waals surface area (Å²) in [5, 5.41) is 2.27. The molecule has 0 unspecified atom stereocenters. The van der Waals surface area contributed by atoms with Gasteiger partial charge in [0, 0.05) is 11.9 Å². The molecule has 4 aromatic carbocycles. The molecule has 0 radical (unpaired) electrons. The van der Waals surface area contributed by atoms with E-state index in [1.807, 2.05) is 66.7 Å². The lowest BCUT2D eigenvalue weighted by atomic mass is 10.1. The first-order chi connectivity index (χ1) is 16.3. The molecule has 1 aromatic heterocycles. The average molecular weight is 439 g/mol. The highest BCUT2D eigenvalue weighted by atomic mass is 16.5. The molecule has 5 aromatic rings. The summed E-state index contributed by atoms with van der Waals surface area (Å²) in [5.41, 5.74) is 2.09. The van der Waals surface area contributed by atoms with Gasteiger partial charge < -0.3 is 18.8 Å². The minimum Gasteiger partial charge on any atom is -0.497 e. The third kappa shape index (κ3) is 4.62. The van der Waals surface area contributed by atoms with Gasteiger partial charge in [-0.2, -0.15) is 0 Å². The summed E-state index contributed by atoms with van der Waals surface area (Å²) in [5.74, 6) is 3.44. The summed E-state index contributed by atoms with van der Waals surface area (Å²) >= 11 is 0. The van der Waals surface area contributed by atoms with Crippen molar-refractivity contribution in [2.75, 3.05) is 13.7 Å². The van der Waals surface area contributed by atoms with Crippen molar-refractivity contribution < 1.29 is 14.2 Å². The van der Waals surface area contributed by atoms with E-state index < -0.39 is 0 Å². The summed E-state index contributed by atoms with van der Waals surface area (Å²) < 4.78 is 19.6. The van der Waals surface area contributed by atoms with E-state index in [1.54, 1.807) is 7.11 Å². The van der Waals surface area contributed by atoms with Gasteiger partial charge in [0.15, 0.2) is 0 Å². The largest absolute Gasteiger partial charge is 0.497 e. The number of fused-ring (bicyclic) bond motifs is 2. The van der Waals surface area contributed by atoms with E-state index in [0.29, 0.717) is 13.2 Å². The number of imidazole rings is 1. The van der Waals surface area contributed by atoms with Gasteiger partial charge >= 0.3 is 0 Å². The quantitative estimate of drug-likeness (QED) is 0.255. The minimum atomic E-state index is 0.405. The highest BCUT2D eigenvalue weighted by Gasteiger charge is 2.12. The van der Waals surface area contributed by atoms with Crippen molar-refractivity contribution in [3.8, 4) is 17.2 Å². The zero-order valence-electron chi connectivity index (χ0n) is 18.6. The van der Waals surface area contributed by atoms with Gasteiger partial charge in [-0.15, -0.1) is 0 Å². The monoisotopic (exact) mass is 438 g/mol. The normalized spacial score (nSPS) is 11.1. The Morgan fingerprint density at radius 3 is 2.39 bits per heavy atom. The zero-order chi connectivity index (χ0) is 22.5. The van der Waals surface area contributed by atoms with Gasteiger partial charge in [-0.25, -0.2) is 4.98 Å². The number of aromatic nitrogens is 2. The van der Waals surface area contributed by atoms with E-state index in [0.717, 1.165) is 52.5 Å². The molecular weight excluding hydrogens is 412 g/mol. The van der Waals surface area contributed by atoms with Crippen molar-refractivity contribution in [2.24, 2.45) is 0 Å². The van der Waals surface area contributed by atoms with Crippen LogP contribution in [0.2, 0.25) is 0 Å². The average Bonchev–Trinajstić information content (AvgIpc) is 3.23. The number of nitrogens with zero attached hydrogens (tertiary/aromatic N) is 2. The number of hydrogen-bond donors (Lipinski definition) is 0. The zero-order valence-corrected chi connectivity index (χ0v) is 18.6. The third-order valence-corrected chi connectivity index (χ3v) is 5.69. The number of methoxy groups -OCH3 is 1. The van der Waals surface area contributed by atoms with Crippen LogP contribution >= 0.6 is 0 Å². The van der Waals surface area contributed by atoms with Crippen molar-refractivity contribution in [2.45, 2.75) is 19.6 Å². The molecule has 0 saturated heterocycles. The van der Waals surface area contributed by atoms with Crippen LogP contribution in [0.25, 0.3) is 21.8 Å². The molecule has 0 atom stereocenters. The first-order valence-corrected chi connectivity index (χ1v) is 11.1. The molecule has 5 rings (SSSR count). The summed E-state index contributed by atoms with van der Waals surface area (Å²) in [6.07, 6.45) is 0.855. The standard InChI is InChI=1S/C28H26N2O3/c1-31-22-14-16-23(17-15-22)32-19-7-18-30-26-12-5-4-11-25(26)29-28(30)20-33-27-13-6-9-21-8-2-3-10-24(21)27/h2-6,8-17H,7,18-20H2,1H3. The smallest absolute Gasteiger partial charge is 0.148 e. The molecular formula is C28H26N2O3. The number of para-hydroxylation sites is 2. The molecule has 1 heterocycles. The number of benzene rings is 4. The van der Waals surface area contributed by atoms with Crippen LogP contribution in [-0.4, -0.2) is 23.3 Å². The van der Waals surface area contributed by atoms with Crippen molar-refractivity contribution in [1.29, 1.82) is 0 Å². The van der Waals surface area contributed by atoms with Crippen LogP contribution in [0.3, 0.4) is 0 Å². The van der Waals surface area contributed by atoms with Crippen LogP contribution in [0.5, 0.6) is 17.2 Å². The van der Waals surface area contributed by atoms with E-state index in [-0.39, 0.29) is 0 Å². The fourth-order valence-corrected chi connectivity index (χ4v) is 4.03. The number of hydrogen-bond acceptors (Lipinski definition) is 4. The Bertz CT molecular complexity index is 1350. The molecule has 0 saturated carbocycles. The van der Waals surface area contributed by atoms with Crippen molar-refractivity contribution in [1.82, 2.24) is 9.55 Å². The lowest BCUT2D eigenvalue weighted by Gasteiger charge is -2.12. The van der Waals surface area contributed by atoms with Crippen LogP contribution in [0.15, 0.2) is 91.0 Å². The van der Waals surface area contributed by atoms with E-state index in [4.69, 9.17) is 19.2 Å². The maximum absolute atomic E-state index is 6.25. The molecule has 166 valence electrons. The van der Waals surface area contributed by atoms with Gasteiger partial charge in [-0.05, 0) is 54.3 Å². The van der Waals surface area contributed by atoms with E-state index in [9.17, 15) is 0 Å². The fraction of sp³-hybridized carbons (Fsp3) is 0.179. The molecule has 0 aliphatic rings. The molecule has 0 N–H and O–H groups in total. The molecule has 0 spiro atoms. The molecule has 0 aliphatic heterocycles. The number of ether oxygens (including phenoxy) is 3. The molecule has 5 heteroatoms. The predicted molar refractivity (Wildman–Crippen MR) is 131 cm³/mol. The van der Waals surface area contributed by atoms with Crippen LogP contribution in [0.4, 0.5) is 0 Å². The van der Waals surface area contributed by atoms with Crippen LogP contribution in [-0.2, 0) is 13.2 Å². The Balaban J connectivity index is 1.29. The number of aryl methyl sites for hydroxylation is 1. The van der Waals surface area contributed by atoms with Gasteiger partial charge in [-0.1, -0.05) is 48.5 Å². The van der Waals surface area contributed by atoms with Crippen molar-refractivity contribution >= 4 is 21.8 Å². The lowest BCUT2D eigenvalue weighted by molar-refractivity contribution is 0.282. The SMILES string of the molecule is COc1ccc(OCCCn2c(COc3cccc4ccccc34)nc3ccccc32)cc1. The van der Waals surface area contributed by atoms with E-state index in [1.165, 1.54) is 5.39 Å². The summed E-state index contributed by atoms with van der Waals surface area (Å²) in [7, 11) is 1.66. The van der Waals surface area contributed by atoms with E-state index in [2.05, 4.69) is 28.8 Å². The second kappa shape index (κ2) is 9.65. The van der Waals surface area contributed by atoms with Gasteiger partial charge in [0.05, 0.1) is 24.8 Å². The Morgan fingerprint density at radius 2 is 1.52 bits per heavy atom. The first kappa shape index (κ1) is 20.9. The topological polar surface area (TPSA) is 45.5 Å². The van der Waals surface area contributed by atoms with Gasteiger partial charge in [0.25, 0.3) is 0 Å². The van der Waals surface area contributed by atoms with E-state index >= 15 is 0 Å². The number of rotatable bonds is 9. The minimum absolute atomic E-state index is 0.405. The molecule has 5 nitrogen and oxygen atoms in total. The Kier molecular flexibility index (Phi) is 6.11. The Labute approximate surface area is 193 Å². The Hall–Kier alpha value is -3.99. The molecule has 0 fully saturated rings. The molecule has 0 aliphatic carbocycles. The highest BCUT2D eigenvalue weighted by molar-refractivity contribution is 5.88. The summed E-state index contributed by atoms with van der Waals surface area (Å²) in [6, 6.07) is 30.3. The fourth-order valence-electron chi connectivity index (χ4n) is 4.03. The summed E-state index contributed by atoms with van der Waals surface area (Å²) in [4.78, 5) is 4.85. The maximum atomic E-state index is 6.25.